The molecule has 7 rings (SSSR count). The zero-order chi connectivity index (χ0) is 45.4. The van der Waals surface area contributed by atoms with E-state index in [0.717, 1.165) is 51.0 Å². The van der Waals surface area contributed by atoms with Crippen LogP contribution in [0.25, 0.3) is 36.8 Å². The smallest absolute Gasteiger partial charge is 0.140 e. The van der Waals surface area contributed by atoms with E-state index < -0.39 is 0 Å². The van der Waals surface area contributed by atoms with Crippen LogP contribution in [0.2, 0.25) is 0 Å². The number of halogens is 4. The number of nitrogens with one attached hydrogen (secondary N) is 1. The Kier molecular flexibility index (Phi) is 21.1. The number of rotatable bonds is 32. The quantitative estimate of drug-likeness (QED) is 0.0391. The Morgan fingerprint density at radius 2 is 1.03 bits per heavy atom. The third-order valence-corrected chi connectivity index (χ3v) is 19.4. The second-order valence-corrected chi connectivity index (χ2v) is 23.9. The SMILES string of the molecule is CCCCCCCCCCCCCCCCC1(CCCCCCCCCCCCCCCC)c2cc(C3=CC(F)=C(Br)C4=NSNC34)sc2-c2sc(-c3cc(F)c(Br)c4nsnc34)cc21. The van der Waals surface area contributed by atoms with Crippen molar-refractivity contribution in [1.82, 2.24) is 13.5 Å². The van der Waals surface area contributed by atoms with Crippen LogP contribution in [-0.2, 0) is 5.41 Å². The maximum absolute atomic E-state index is 15.5. The maximum atomic E-state index is 15.5. The number of thiophene rings is 2. The zero-order valence-electron chi connectivity index (χ0n) is 39.1. The van der Waals surface area contributed by atoms with Gasteiger partial charge in [0.15, 0.2) is 0 Å². The Morgan fingerprint density at radius 3 is 1.54 bits per heavy atom. The first-order chi connectivity index (χ1) is 31.9. The van der Waals surface area contributed by atoms with Crippen LogP contribution in [0.1, 0.15) is 222 Å². The molecule has 1 aliphatic heterocycles. The highest BCUT2D eigenvalue weighted by molar-refractivity contribution is 9.12. The largest absolute Gasteiger partial charge is 0.231 e. The van der Waals surface area contributed by atoms with E-state index in [0.29, 0.717) is 20.2 Å². The average Bonchev–Trinajstić information content (AvgIpc) is 4.16. The monoisotopic (exact) mass is 1090 g/mol. The Morgan fingerprint density at radius 1 is 0.585 bits per heavy atom. The minimum atomic E-state index is -0.311. The molecule has 1 unspecified atom stereocenters. The van der Waals surface area contributed by atoms with Gasteiger partial charge in [-0.3, -0.25) is 0 Å². The fraction of sp³-hybridized carbons (Fsp3) is 0.642. The minimum Gasteiger partial charge on any atom is -0.231 e. The molecule has 1 aromatic carbocycles. The lowest BCUT2D eigenvalue weighted by molar-refractivity contribution is 0.397. The summed E-state index contributed by atoms with van der Waals surface area (Å²) in [6.45, 7) is 4.59. The number of unbranched alkanes of at least 4 members (excludes halogenated alkanes) is 26. The lowest BCUT2D eigenvalue weighted by Gasteiger charge is -2.32. The predicted octanol–water partition coefficient (Wildman–Crippen LogP) is 20.3. The number of nitrogens with zero attached hydrogens (tertiary/aromatic N) is 3. The van der Waals surface area contributed by atoms with E-state index in [1.54, 1.807) is 34.8 Å². The van der Waals surface area contributed by atoms with Crippen LogP contribution >= 0.6 is 78.4 Å². The van der Waals surface area contributed by atoms with Crippen molar-refractivity contribution in [1.29, 1.82) is 0 Å². The van der Waals surface area contributed by atoms with Gasteiger partial charge in [0, 0.05) is 30.5 Å². The van der Waals surface area contributed by atoms with Gasteiger partial charge in [0.05, 0.1) is 44.6 Å². The molecule has 65 heavy (non-hydrogen) atoms. The van der Waals surface area contributed by atoms with E-state index in [1.807, 2.05) is 0 Å². The fourth-order valence-electron chi connectivity index (χ4n) is 10.5. The molecule has 0 radical (unpaired) electrons. The molecule has 4 aromatic rings. The van der Waals surface area contributed by atoms with Crippen LogP contribution in [0.5, 0.6) is 0 Å². The van der Waals surface area contributed by atoms with E-state index >= 15 is 8.78 Å². The average molecular weight is 1090 g/mol. The van der Waals surface area contributed by atoms with Gasteiger partial charge in [-0.15, -0.1) is 22.7 Å². The van der Waals surface area contributed by atoms with Gasteiger partial charge in [0.25, 0.3) is 0 Å². The predicted molar refractivity (Wildman–Crippen MR) is 289 cm³/mol. The first kappa shape index (κ1) is 51.6. The summed E-state index contributed by atoms with van der Waals surface area (Å²) in [6.07, 6.45) is 41.5. The molecule has 0 fully saturated rings. The van der Waals surface area contributed by atoms with Crippen molar-refractivity contribution >= 4 is 101 Å². The van der Waals surface area contributed by atoms with Gasteiger partial charge in [-0.1, -0.05) is 194 Å². The summed E-state index contributed by atoms with van der Waals surface area (Å²) in [5.41, 5.74) is 6.46. The van der Waals surface area contributed by atoms with E-state index in [9.17, 15) is 0 Å². The van der Waals surface area contributed by atoms with Crippen molar-refractivity contribution in [2.45, 2.75) is 218 Å². The molecule has 0 spiro atoms. The molecule has 0 bridgehead atoms. The highest BCUT2D eigenvalue weighted by atomic mass is 79.9. The van der Waals surface area contributed by atoms with Gasteiger partial charge in [-0.2, -0.15) is 8.75 Å². The summed E-state index contributed by atoms with van der Waals surface area (Å²) in [5.74, 6) is -0.588. The normalized spacial score (nSPS) is 16.4. The summed E-state index contributed by atoms with van der Waals surface area (Å²) in [6, 6.07) is 6.28. The van der Waals surface area contributed by atoms with Crippen LogP contribution < -0.4 is 4.72 Å². The Labute approximate surface area is 423 Å². The number of fused-ring (bicyclic) bond motifs is 5. The van der Waals surface area contributed by atoms with Crippen LogP contribution in [0.4, 0.5) is 8.78 Å². The molecule has 4 nitrogen and oxygen atoms in total. The molecule has 3 aliphatic rings. The van der Waals surface area contributed by atoms with Gasteiger partial charge in [0.2, 0.25) is 0 Å². The number of benzene rings is 1. The molecule has 2 aliphatic carbocycles. The van der Waals surface area contributed by atoms with Crippen LogP contribution in [0, 0.1) is 5.82 Å². The molecule has 12 heteroatoms. The van der Waals surface area contributed by atoms with Crippen molar-refractivity contribution in [2.24, 2.45) is 4.40 Å². The minimum absolute atomic E-state index is 0.158. The summed E-state index contributed by atoms with van der Waals surface area (Å²) < 4.78 is 49.1. The van der Waals surface area contributed by atoms with E-state index in [-0.39, 0.29) is 23.1 Å². The summed E-state index contributed by atoms with van der Waals surface area (Å²) in [7, 11) is 0. The van der Waals surface area contributed by atoms with E-state index in [1.165, 1.54) is 213 Å². The van der Waals surface area contributed by atoms with Crippen LogP contribution in [0.3, 0.4) is 0 Å². The van der Waals surface area contributed by atoms with Crippen molar-refractivity contribution in [3.63, 3.8) is 0 Å². The zero-order valence-corrected chi connectivity index (χ0v) is 45.5. The second-order valence-electron chi connectivity index (χ2n) is 19.0. The van der Waals surface area contributed by atoms with Crippen LogP contribution in [0.15, 0.2) is 43.5 Å². The Balaban J connectivity index is 1.08. The highest BCUT2D eigenvalue weighted by Gasteiger charge is 2.46. The molecule has 4 heterocycles. The number of hydrogen-bond donors (Lipinski definition) is 1. The Hall–Kier alpha value is -1.28. The lowest BCUT2D eigenvalue weighted by atomic mass is 9.71. The van der Waals surface area contributed by atoms with Crippen molar-refractivity contribution in [3.8, 4) is 20.2 Å². The first-order valence-electron chi connectivity index (χ1n) is 25.5. The molecular formula is C53H72Br2F2N4S4. The fourth-order valence-corrected chi connectivity index (χ4v) is 15.5. The van der Waals surface area contributed by atoms with Crippen LogP contribution in [-0.4, -0.2) is 20.5 Å². The standard InChI is InChI=1S/C53H72Br2F2N4S4/c1-3-5-7-9-11-13-15-17-19-21-23-25-27-29-31-53(32-30-28-26-24-22-20-18-16-14-12-10-8-6-4-2)39-35-43(37-33-41(56)45(54)49-47(37)58-64-60-49)62-51(39)52-40(53)36-44(63-52)38-34-42(57)46(55)50-48(38)59-65-61-50/h33-36,47,58H,3-32H2,1-2H3. The molecule has 0 saturated heterocycles. The number of aromatic nitrogens is 2. The molecule has 3 aromatic heterocycles. The highest BCUT2D eigenvalue weighted by Crippen LogP contribution is 2.62. The molecule has 0 saturated carbocycles. The number of allylic oxidation sites excluding steroid dienone is 2. The number of hydrogen-bond acceptors (Lipinski definition) is 8. The van der Waals surface area contributed by atoms with Gasteiger partial charge < -0.3 is 0 Å². The van der Waals surface area contributed by atoms with Crippen molar-refractivity contribution in [2.75, 3.05) is 0 Å². The van der Waals surface area contributed by atoms with Gasteiger partial charge in [-0.25, -0.2) is 17.9 Å². The third-order valence-electron chi connectivity index (χ3n) is 14.2. The summed E-state index contributed by atoms with van der Waals surface area (Å²) in [5, 5.41) is 0. The van der Waals surface area contributed by atoms with E-state index in [2.05, 4.69) is 75.7 Å². The maximum Gasteiger partial charge on any atom is 0.140 e. The lowest BCUT2D eigenvalue weighted by Crippen LogP contribution is -2.31. The van der Waals surface area contributed by atoms with Gasteiger partial charge in [-0.05, 0) is 85.7 Å². The van der Waals surface area contributed by atoms with Gasteiger partial charge in [0.1, 0.15) is 22.7 Å². The molecular weight excluding hydrogens is 1020 g/mol. The van der Waals surface area contributed by atoms with Crippen molar-refractivity contribution in [3.05, 3.63) is 60.9 Å². The molecule has 0 amide bonds. The molecule has 1 atom stereocenters. The van der Waals surface area contributed by atoms with Crippen molar-refractivity contribution < 1.29 is 8.78 Å². The summed E-state index contributed by atoms with van der Waals surface area (Å²) >= 11 is 12.9. The van der Waals surface area contributed by atoms with E-state index in [4.69, 9.17) is 0 Å². The third kappa shape index (κ3) is 13.1. The molecule has 1 N–H and O–H groups in total. The summed E-state index contributed by atoms with van der Waals surface area (Å²) in [4.78, 5) is 4.73. The topological polar surface area (TPSA) is 50.2 Å². The van der Waals surface area contributed by atoms with Gasteiger partial charge >= 0.3 is 0 Å². The second kappa shape index (κ2) is 26.6. The molecule has 356 valence electrons. The first-order valence-corrected chi connectivity index (χ1v) is 30.3. The Bertz CT molecular complexity index is 2190.